The SMILES string of the molecule is CCCNC1C(Sc2ccc(C)c(C)c2)CCCC1(C)C. The first kappa shape index (κ1) is 16.9. The van der Waals surface area contributed by atoms with Gasteiger partial charge in [0.25, 0.3) is 0 Å². The van der Waals surface area contributed by atoms with Crippen LogP contribution >= 0.6 is 11.8 Å². The molecule has 21 heavy (non-hydrogen) atoms. The van der Waals surface area contributed by atoms with Crippen molar-refractivity contribution in [3.05, 3.63) is 29.3 Å². The average molecular weight is 306 g/mol. The van der Waals surface area contributed by atoms with E-state index in [2.05, 4.69) is 69.9 Å². The second-order valence-electron chi connectivity index (χ2n) is 7.21. The molecule has 2 rings (SSSR count). The van der Waals surface area contributed by atoms with E-state index in [9.17, 15) is 0 Å². The molecule has 1 aliphatic carbocycles. The van der Waals surface area contributed by atoms with E-state index in [0.717, 1.165) is 6.54 Å². The van der Waals surface area contributed by atoms with Gasteiger partial charge >= 0.3 is 0 Å². The minimum absolute atomic E-state index is 0.408. The summed E-state index contributed by atoms with van der Waals surface area (Å²) in [5.41, 5.74) is 3.21. The highest BCUT2D eigenvalue weighted by Gasteiger charge is 2.38. The lowest BCUT2D eigenvalue weighted by molar-refractivity contribution is 0.175. The number of hydrogen-bond donors (Lipinski definition) is 1. The van der Waals surface area contributed by atoms with Crippen molar-refractivity contribution in [1.82, 2.24) is 5.32 Å². The lowest BCUT2D eigenvalue weighted by Gasteiger charge is -2.44. The van der Waals surface area contributed by atoms with Crippen LogP contribution in [0.25, 0.3) is 0 Å². The van der Waals surface area contributed by atoms with Crippen LogP contribution in [0.1, 0.15) is 57.6 Å². The van der Waals surface area contributed by atoms with Crippen molar-refractivity contribution in [2.75, 3.05) is 6.54 Å². The van der Waals surface area contributed by atoms with Gasteiger partial charge in [0.05, 0.1) is 0 Å². The molecular formula is C19H31NS. The molecule has 1 nitrogen and oxygen atoms in total. The molecule has 1 saturated carbocycles. The standard InChI is InChI=1S/C19H31NS/c1-6-12-20-18-17(8-7-11-19(18,4)5)21-16-10-9-14(2)15(3)13-16/h9-10,13,17-18,20H,6-8,11-12H2,1-5H3. The number of thioether (sulfide) groups is 1. The summed E-state index contributed by atoms with van der Waals surface area (Å²) in [6.45, 7) is 12.7. The molecule has 1 N–H and O–H groups in total. The van der Waals surface area contributed by atoms with Gasteiger partial charge < -0.3 is 5.32 Å². The molecule has 0 bridgehead atoms. The molecule has 1 aromatic rings. The zero-order valence-corrected chi connectivity index (χ0v) is 15.1. The average Bonchev–Trinajstić information content (AvgIpc) is 2.42. The Kier molecular flexibility index (Phi) is 5.79. The summed E-state index contributed by atoms with van der Waals surface area (Å²) < 4.78 is 0. The quantitative estimate of drug-likeness (QED) is 0.787. The molecule has 0 aromatic heterocycles. The molecule has 0 amide bonds. The van der Waals surface area contributed by atoms with Gasteiger partial charge in [-0.25, -0.2) is 0 Å². The van der Waals surface area contributed by atoms with Gasteiger partial charge in [-0.2, -0.15) is 0 Å². The van der Waals surface area contributed by atoms with Gasteiger partial charge in [0, 0.05) is 16.2 Å². The third-order valence-corrected chi connectivity index (χ3v) is 6.24. The van der Waals surface area contributed by atoms with Crippen molar-refractivity contribution in [2.45, 2.75) is 76.5 Å². The third kappa shape index (κ3) is 4.26. The molecular weight excluding hydrogens is 274 g/mol. The van der Waals surface area contributed by atoms with E-state index in [-0.39, 0.29) is 0 Å². The Hall–Kier alpha value is -0.470. The normalized spacial score (nSPS) is 25.0. The minimum Gasteiger partial charge on any atom is -0.312 e. The molecule has 0 saturated heterocycles. The van der Waals surface area contributed by atoms with E-state index < -0.39 is 0 Å². The maximum absolute atomic E-state index is 3.84. The highest BCUT2D eigenvalue weighted by atomic mass is 32.2. The van der Waals surface area contributed by atoms with E-state index in [0.29, 0.717) is 16.7 Å². The fourth-order valence-electron chi connectivity index (χ4n) is 3.38. The molecule has 2 heteroatoms. The Balaban J connectivity index is 2.12. The van der Waals surface area contributed by atoms with Gasteiger partial charge in [-0.05, 0) is 68.3 Å². The van der Waals surface area contributed by atoms with Crippen LogP contribution in [-0.4, -0.2) is 17.8 Å². The van der Waals surface area contributed by atoms with Crippen molar-refractivity contribution < 1.29 is 0 Å². The molecule has 0 heterocycles. The van der Waals surface area contributed by atoms with Crippen LogP contribution in [0.4, 0.5) is 0 Å². The van der Waals surface area contributed by atoms with Crippen molar-refractivity contribution in [1.29, 1.82) is 0 Å². The highest BCUT2D eigenvalue weighted by molar-refractivity contribution is 8.00. The molecule has 1 aromatic carbocycles. The fourth-order valence-corrected chi connectivity index (χ4v) is 5.01. The van der Waals surface area contributed by atoms with E-state index >= 15 is 0 Å². The summed E-state index contributed by atoms with van der Waals surface area (Å²) in [5, 5.41) is 4.53. The lowest BCUT2D eigenvalue weighted by Crippen LogP contribution is -2.51. The lowest BCUT2D eigenvalue weighted by atomic mass is 9.73. The van der Waals surface area contributed by atoms with Gasteiger partial charge in [-0.3, -0.25) is 0 Å². The highest BCUT2D eigenvalue weighted by Crippen LogP contribution is 2.43. The van der Waals surface area contributed by atoms with Crippen LogP contribution in [0.2, 0.25) is 0 Å². The summed E-state index contributed by atoms with van der Waals surface area (Å²) in [7, 11) is 0. The Morgan fingerprint density at radius 1 is 1.24 bits per heavy atom. The Morgan fingerprint density at radius 3 is 2.67 bits per heavy atom. The summed E-state index contributed by atoms with van der Waals surface area (Å²) in [6.07, 6.45) is 5.26. The topological polar surface area (TPSA) is 12.0 Å². The van der Waals surface area contributed by atoms with Crippen LogP contribution in [-0.2, 0) is 0 Å². The van der Waals surface area contributed by atoms with Crippen molar-refractivity contribution in [2.24, 2.45) is 5.41 Å². The van der Waals surface area contributed by atoms with Gasteiger partial charge in [0.15, 0.2) is 0 Å². The van der Waals surface area contributed by atoms with Gasteiger partial charge in [0.2, 0.25) is 0 Å². The molecule has 0 aliphatic heterocycles. The maximum Gasteiger partial charge on any atom is 0.0253 e. The summed E-state index contributed by atoms with van der Waals surface area (Å²) in [6, 6.07) is 7.54. The van der Waals surface area contributed by atoms with E-state index in [1.54, 1.807) is 0 Å². The number of benzene rings is 1. The predicted molar refractivity (Wildman–Crippen MR) is 95.3 cm³/mol. The second kappa shape index (κ2) is 7.19. The second-order valence-corrected chi connectivity index (χ2v) is 8.53. The Morgan fingerprint density at radius 2 is 2.00 bits per heavy atom. The fraction of sp³-hybridized carbons (Fsp3) is 0.684. The third-order valence-electron chi connectivity index (χ3n) is 4.90. The largest absolute Gasteiger partial charge is 0.312 e. The van der Waals surface area contributed by atoms with Crippen LogP contribution < -0.4 is 5.32 Å². The summed E-state index contributed by atoms with van der Waals surface area (Å²) in [5.74, 6) is 0. The van der Waals surface area contributed by atoms with Gasteiger partial charge in [0.1, 0.15) is 0 Å². The Bertz CT molecular complexity index is 467. The van der Waals surface area contributed by atoms with E-state index in [1.807, 2.05) is 0 Å². The number of hydrogen-bond acceptors (Lipinski definition) is 2. The first-order valence-corrected chi connectivity index (χ1v) is 9.29. The van der Waals surface area contributed by atoms with Crippen molar-refractivity contribution >= 4 is 11.8 Å². The van der Waals surface area contributed by atoms with E-state index in [1.165, 1.54) is 41.7 Å². The van der Waals surface area contributed by atoms with E-state index in [4.69, 9.17) is 0 Å². The molecule has 2 atom stereocenters. The molecule has 1 aliphatic rings. The molecule has 1 fully saturated rings. The first-order chi connectivity index (χ1) is 9.94. The van der Waals surface area contributed by atoms with Gasteiger partial charge in [-0.15, -0.1) is 11.8 Å². The van der Waals surface area contributed by atoms with Gasteiger partial charge in [-0.1, -0.05) is 33.3 Å². The number of rotatable bonds is 5. The summed E-state index contributed by atoms with van der Waals surface area (Å²) in [4.78, 5) is 1.43. The first-order valence-electron chi connectivity index (χ1n) is 8.41. The van der Waals surface area contributed by atoms with Crippen LogP contribution in [0.3, 0.4) is 0 Å². The van der Waals surface area contributed by atoms with Crippen molar-refractivity contribution in [3.63, 3.8) is 0 Å². The van der Waals surface area contributed by atoms with Crippen LogP contribution in [0.15, 0.2) is 23.1 Å². The number of nitrogens with one attached hydrogen (secondary N) is 1. The monoisotopic (exact) mass is 305 g/mol. The molecule has 2 unspecified atom stereocenters. The smallest absolute Gasteiger partial charge is 0.0253 e. The zero-order valence-electron chi connectivity index (χ0n) is 14.3. The number of aryl methyl sites for hydroxylation is 2. The zero-order chi connectivity index (χ0) is 15.5. The minimum atomic E-state index is 0.408. The summed E-state index contributed by atoms with van der Waals surface area (Å²) >= 11 is 2.09. The maximum atomic E-state index is 3.84. The molecule has 0 spiro atoms. The van der Waals surface area contributed by atoms with Crippen LogP contribution in [0.5, 0.6) is 0 Å². The Labute approximate surface area is 135 Å². The predicted octanol–water partition coefficient (Wildman–Crippen LogP) is 5.34. The molecule has 0 radical (unpaired) electrons. The molecule has 118 valence electrons. The van der Waals surface area contributed by atoms with Crippen LogP contribution in [0, 0.1) is 19.3 Å². The van der Waals surface area contributed by atoms with Crippen molar-refractivity contribution in [3.8, 4) is 0 Å².